The summed E-state index contributed by atoms with van der Waals surface area (Å²) in [5.41, 5.74) is 0.651. The number of hydrogen-bond donors (Lipinski definition) is 1. The van der Waals surface area contributed by atoms with E-state index in [2.05, 4.69) is 5.32 Å². The van der Waals surface area contributed by atoms with Crippen LogP contribution in [0.3, 0.4) is 0 Å². The average molecular weight is 506 g/mol. The van der Waals surface area contributed by atoms with Crippen molar-refractivity contribution in [2.24, 2.45) is 0 Å². The van der Waals surface area contributed by atoms with Gasteiger partial charge in [-0.1, -0.05) is 34.8 Å². The first-order valence-electron chi connectivity index (χ1n) is 9.32. The van der Waals surface area contributed by atoms with E-state index < -0.39 is 23.6 Å². The van der Waals surface area contributed by atoms with Gasteiger partial charge in [0.1, 0.15) is 22.3 Å². The molecule has 1 aliphatic heterocycles. The molecule has 6 nitrogen and oxygen atoms in total. The number of halogens is 4. The predicted molar refractivity (Wildman–Crippen MR) is 123 cm³/mol. The minimum atomic E-state index is -0.734. The third-order valence-electron chi connectivity index (χ3n) is 4.55. The van der Waals surface area contributed by atoms with Gasteiger partial charge < -0.3 is 10.1 Å². The van der Waals surface area contributed by atoms with Gasteiger partial charge in [0.25, 0.3) is 11.8 Å². The monoisotopic (exact) mass is 504 g/mol. The Hall–Kier alpha value is -3.39. The second kappa shape index (κ2) is 9.23. The Morgan fingerprint density at radius 2 is 1.45 bits per heavy atom. The maximum atomic E-state index is 13.0. The van der Waals surface area contributed by atoms with Crippen molar-refractivity contribution >= 4 is 64.0 Å². The van der Waals surface area contributed by atoms with Crippen LogP contribution in [0.1, 0.15) is 10.4 Å². The zero-order chi connectivity index (χ0) is 23.7. The number of rotatable bonds is 5. The molecule has 1 heterocycles. The van der Waals surface area contributed by atoms with Gasteiger partial charge in [0, 0.05) is 15.7 Å². The van der Waals surface area contributed by atoms with Crippen molar-refractivity contribution in [3.8, 4) is 5.75 Å². The number of amides is 2. The molecule has 2 amide bonds. The fourth-order valence-electron chi connectivity index (χ4n) is 3.02. The highest BCUT2D eigenvalue weighted by molar-refractivity contribution is 6.53. The minimum Gasteiger partial charge on any atom is -0.423 e. The number of carbonyl (C=O) groups is 3. The zero-order valence-corrected chi connectivity index (χ0v) is 18.7. The van der Waals surface area contributed by atoms with Crippen LogP contribution in [-0.4, -0.2) is 17.8 Å². The van der Waals surface area contributed by atoms with Crippen molar-refractivity contribution in [2.45, 2.75) is 0 Å². The topological polar surface area (TPSA) is 75.7 Å². The van der Waals surface area contributed by atoms with Gasteiger partial charge in [-0.15, -0.1) is 0 Å². The molecule has 33 heavy (non-hydrogen) atoms. The Morgan fingerprint density at radius 1 is 0.848 bits per heavy atom. The van der Waals surface area contributed by atoms with E-state index in [1.165, 1.54) is 66.7 Å². The number of esters is 1. The maximum Gasteiger partial charge on any atom is 0.343 e. The lowest BCUT2D eigenvalue weighted by Crippen LogP contribution is -2.32. The molecule has 0 unspecified atom stereocenters. The van der Waals surface area contributed by atoms with Gasteiger partial charge in [0.05, 0.1) is 11.3 Å². The molecule has 3 aromatic carbocycles. The van der Waals surface area contributed by atoms with Crippen LogP contribution in [-0.2, 0) is 9.59 Å². The molecule has 4 rings (SSSR count). The Balaban J connectivity index is 1.49. The van der Waals surface area contributed by atoms with Crippen LogP contribution in [0.2, 0.25) is 10.0 Å². The molecule has 0 atom stereocenters. The largest absolute Gasteiger partial charge is 0.423 e. The highest BCUT2D eigenvalue weighted by Crippen LogP contribution is 2.33. The molecule has 0 saturated heterocycles. The summed E-state index contributed by atoms with van der Waals surface area (Å²) in [7, 11) is 0. The molecule has 3 aromatic rings. The molecule has 1 aliphatic rings. The van der Waals surface area contributed by atoms with Crippen molar-refractivity contribution in [2.75, 3.05) is 10.2 Å². The third-order valence-corrected chi connectivity index (χ3v) is 5.33. The summed E-state index contributed by atoms with van der Waals surface area (Å²) in [6.07, 6.45) is 0. The van der Waals surface area contributed by atoms with E-state index in [4.69, 9.17) is 39.5 Å². The Labute approximate surface area is 202 Å². The van der Waals surface area contributed by atoms with Gasteiger partial charge in [-0.3, -0.25) is 9.59 Å². The number of carbonyl (C=O) groups excluding carboxylic acids is 3. The molecular weight excluding hydrogens is 494 g/mol. The summed E-state index contributed by atoms with van der Waals surface area (Å²) in [5, 5.41) is 2.99. The number of imide groups is 1. The Bertz CT molecular complexity index is 1290. The Morgan fingerprint density at radius 3 is 2.06 bits per heavy atom. The summed E-state index contributed by atoms with van der Waals surface area (Å²) >= 11 is 18.1. The smallest absolute Gasteiger partial charge is 0.343 e. The average Bonchev–Trinajstić information content (AvgIpc) is 2.98. The van der Waals surface area contributed by atoms with Crippen LogP contribution in [0.25, 0.3) is 0 Å². The lowest BCUT2D eigenvalue weighted by atomic mass is 10.2. The van der Waals surface area contributed by atoms with Crippen LogP contribution in [0.15, 0.2) is 77.5 Å². The van der Waals surface area contributed by atoms with Gasteiger partial charge >= 0.3 is 5.97 Å². The molecular formula is C23H12Cl3FN2O4. The molecule has 0 fully saturated rings. The molecule has 0 spiro atoms. The SMILES string of the molecule is O=C(Oc1ccc(F)cc1)c1ccc(NC2=C(Cl)C(=O)N(c3cc(Cl)cc(Cl)c3)C2=O)cc1. The summed E-state index contributed by atoms with van der Waals surface area (Å²) in [6, 6.07) is 15.2. The second-order valence-corrected chi connectivity index (χ2v) is 8.06. The number of benzene rings is 3. The number of nitrogens with zero attached hydrogens (tertiary/aromatic N) is 1. The summed E-state index contributed by atoms with van der Waals surface area (Å²) in [4.78, 5) is 38.6. The van der Waals surface area contributed by atoms with E-state index >= 15 is 0 Å². The summed E-state index contributed by atoms with van der Waals surface area (Å²) in [5.74, 6) is -2.33. The fourth-order valence-corrected chi connectivity index (χ4v) is 3.74. The molecule has 1 N–H and O–H groups in total. The molecule has 10 heteroatoms. The fraction of sp³-hybridized carbons (Fsp3) is 0. The first-order chi connectivity index (χ1) is 15.7. The van der Waals surface area contributed by atoms with Crippen LogP contribution in [0.4, 0.5) is 15.8 Å². The van der Waals surface area contributed by atoms with Crippen LogP contribution < -0.4 is 15.0 Å². The Kier molecular flexibility index (Phi) is 6.37. The summed E-state index contributed by atoms with van der Waals surface area (Å²) in [6.45, 7) is 0. The van der Waals surface area contributed by atoms with Gasteiger partial charge in [0.15, 0.2) is 0 Å². The molecule has 0 aliphatic carbocycles. The van der Waals surface area contributed by atoms with E-state index in [0.717, 1.165) is 4.90 Å². The molecule has 0 radical (unpaired) electrons. The van der Waals surface area contributed by atoms with Crippen molar-refractivity contribution in [3.63, 3.8) is 0 Å². The van der Waals surface area contributed by atoms with Crippen LogP contribution >= 0.6 is 34.8 Å². The van der Waals surface area contributed by atoms with E-state index in [1.54, 1.807) is 0 Å². The zero-order valence-electron chi connectivity index (χ0n) is 16.4. The quantitative estimate of drug-likeness (QED) is 0.270. The minimum absolute atomic E-state index is 0.139. The standard InChI is InChI=1S/C23H12Cl3FN2O4/c24-13-9-14(25)11-17(10-13)29-21(30)19(26)20(22(29)31)28-16-5-1-12(2-6-16)23(32)33-18-7-3-15(27)4-8-18/h1-11,28H. The number of nitrogens with one attached hydrogen (secondary N) is 1. The van der Waals surface area contributed by atoms with Crippen molar-refractivity contribution < 1.29 is 23.5 Å². The van der Waals surface area contributed by atoms with E-state index in [0.29, 0.717) is 5.69 Å². The molecule has 0 aromatic heterocycles. The van der Waals surface area contributed by atoms with Gasteiger partial charge in [-0.2, -0.15) is 0 Å². The van der Waals surface area contributed by atoms with Crippen molar-refractivity contribution in [1.82, 2.24) is 0 Å². The summed E-state index contributed by atoms with van der Waals surface area (Å²) < 4.78 is 18.1. The second-order valence-electron chi connectivity index (χ2n) is 6.81. The maximum absolute atomic E-state index is 13.0. The number of anilines is 2. The van der Waals surface area contributed by atoms with E-state index in [9.17, 15) is 18.8 Å². The molecule has 0 saturated carbocycles. The molecule has 166 valence electrons. The van der Waals surface area contributed by atoms with E-state index in [-0.39, 0.29) is 37.8 Å². The van der Waals surface area contributed by atoms with Gasteiger partial charge in [0.2, 0.25) is 0 Å². The number of hydrogen-bond acceptors (Lipinski definition) is 5. The third kappa shape index (κ3) is 4.85. The van der Waals surface area contributed by atoms with Crippen LogP contribution in [0.5, 0.6) is 5.75 Å². The van der Waals surface area contributed by atoms with Gasteiger partial charge in [-0.05, 0) is 66.7 Å². The van der Waals surface area contributed by atoms with Gasteiger partial charge in [-0.25, -0.2) is 14.1 Å². The highest BCUT2D eigenvalue weighted by atomic mass is 35.5. The highest BCUT2D eigenvalue weighted by Gasteiger charge is 2.39. The van der Waals surface area contributed by atoms with Crippen molar-refractivity contribution in [3.05, 3.63) is 98.9 Å². The molecule has 0 bridgehead atoms. The van der Waals surface area contributed by atoms with Crippen LogP contribution in [0, 0.1) is 5.82 Å². The van der Waals surface area contributed by atoms with E-state index in [1.807, 2.05) is 0 Å². The first kappa shape index (κ1) is 22.8. The normalized spacial score (nSPS) is 13.5. The number of ether oxygens (including phenoxy) is 1. The predicted octanol–water partition coefficient (Wildman–Crippen LogP) is 5.79. The lowest BCUT2D eigenvalue weighted by molar-refractivity contribution is -0.120. The first-order valence-corrected chi connectivity index (χ1v) is 10.5. The lowest BCUT2D eigenvalue weighted by Gasteiger charge is -2.16. The van der Waals surface area contributed by atoms with Crippen molar-refractivity contribution in [1.29, 1.82) is 0 Å².